The third-order valence-corrected chi connectivity index (χ3v) is 4.39. The van der Waals surface area contributed by atoms with E-state index in [1.807, 2.05) is 13.0 Å². The van der Waals surface area contributed by atoms with Crippen LogP contribution in [0.2, 0.25) is 0 Å². The molecule has 1 heterocycles. The van der Waals surface area contributed by atoms with E-state index in [1.165, 1.54) is 13.8 Å². The van der Waals surface area contributed by atoms with Crippen LogP contribution >= 0.6 is 0 Å². The normalized spacial score (nSPS) is 20.7. The first-order valence-electron chi connectivity index (χ1n) is 10.2. The van der Waals surface area contributed by atoms with Crippen molar-refractivity contribution in [2.45, 2.75) is 64.4 Å². The fourth-order valence-electron chi connectivity index (χ4n) is 2.90. The molecule has 4 atom stereocenters. The Balaban J connectivity index is 1.77. The highest BCUT2D eigenvalue weighted by Gasteiger charge is 2.29. The average molecular weight is 428 g/mol. The fraction of sp³-hybridized carbons (Fsp3) is 0.458. The summed E-state index contributed by atoms with van der Waals surface area (Å²) in [5.41, 5.74) is 0.533. The Morgan fingerprint density at radius 2 is 1.84 bits per heavy atom. The zero-order valence-electron chi connectivity index (χ0n) is 18.0. The van der Waals surface area contributed by atoms with Crippen molar-refractivity contribution < 1.29 is 33.3 Å². The number of benzene rings is 1. The summed E-state index contributed by atoms with van der Waals surface area (Å²) in [5.74, 6) is 4.84. The second-order valence-electron chi connectivity index (χ2n) is 7.15. The standard InChI is InChI=1S/C24H28O7/c1-17(29-24(27)20-11-7-5-8-12-20)10-6-4-9-13-21-14-15-22(30-19(3)26)23(31-21)16-28-18(2)25/h5,7-8,11-12,14-15,17,21-23H,4,6,10,16H2,1-3H3/t17-,21-,22-,23-/m1/s1. The van der Waals surface area contributed by atoms with E-state index in [0.29, 0.717) is 18.4 Å². The SMILES string of the molecule is CC(=O)OC[C@H]1O[C@H](C#CCCC[C@@H](C)OC(=O)c2ccccc2)C=C[C@H]1OC(C)=O. The number of unbranched alkanes of at least 4 members (excludes halogenated alkanes) is 1. The van der Waals surface area contributed by atoms with Crippen LogP contribution in [0.1, 0.15) is 50.4 Å². The van der Waals surface area contributed by atoms with Gasteiger partial charge >= 0.3 is 17.9 Å². The van der Waals surface area contributed by atoms with E-state index >= 15 is 0 Å². The van der Waals surface area contributed by atoms with Gasteiger partial charge in [-0.1, -0.05) is 24.1 Å². The molecule has 2 rings (SSSR count). The van der Waals surface area contributed by atoms with Crippen molar-refractivity contribution in [1.29, 1.82) is 0 Å². The summed E-state index contributed by atoms with van der Waals surface area (Å²) in [5, 5.41) is 0. The number of hydrogen-bond donors (Lipinski definition) is 0. The predicted molar refractivity (Wildman–Crippen MR) is 113 cm³/mol. The minimum Gasteiger partial charge on any atom is -0.463 e. The van der Waals surface area contributed by atoms with E-state index in [4.69, 9.17) is 18.9 Å². The van der Waals surface area contributed by atoms with Crippen LogP contribution < -0.4 is 0 Å². The molecule has 0 aromatic heterocycles. The van der Waals surface area contributed by atoms with Crippen molar-refractivity contribution in [1.82, 2.24) is 0 Å². The van der Waals surface area contributed by atoms with Gasteiger partial charge in [-0.2, -0.15) is 0 Å². The van der Waals surface area contributed by atoms with Crippen molar-refractivity contribution in [3.8, 4) is 11.8 Å². The van der Waals surface area contributed by atoms with Gasteiger partial charge in [-0.3, -0.25) is 9.59 Å². The first-order chi connectivity index (χ1) is 14.8. The number of ether oxygens (including phenoxy) is 4. The molecule has 1 aromatic rings. The summed E-state index contributed by atoms with van der Waals surface area (Å²) >= 11 is 0. The van der Waals surface area contributed by atoms with Crippen LogP contribution in [0.15, 0.2) is 42.5 Å². The molecule has 1 aliphatic rings. The van der Waals surface area contributed by atoms with Gasteiger partial charge in [-0.15, -0.1) is 5.92 Å². The molecule has 0 spiro atoms. The molecule has 0 fully saturated rings. The molecule has 0 aliphatic carbocycles. The van der Waals surface area contributed by atoms with E-state index in [2.05, 4.69) is 11.8 Å². The van der Waals surface area contributed by atoms with E-state index in [9.17, 15) is 14.4 Å². The minimum atomic E-state index is -0.630. The smallest absolute Gasteiger partial charge is 0.338 e. The molecule has 0 bridgehead atoms. The number of carbonyl (C=O) groups excluding carboxylic acids is 3. The minimum absolute atomic E-state index is 0.0277. The summed E-state index contributed by atoms with van der Waals surface area (Å²) in [6, 6.07) is 8.88. The maximum Gasteiger partial charge on any atom is 0.338 e. The first-order valence-corrected chi connectivity index (χ1v) is 10.2. The maximum atomic E-state index is 12.0. The summed E-state index contributed by atoms with van der Waals surface area (Å²) < 4.78 is 21.4. The molecule has 0 unspecified atom stereocenters. The number of carbonyl (C=O) groups is 3. The van der Waals surface area contributed by atoms with Gasteiger partial charge < -0.3 is 18.9 Å². The molecule has 0 amide bonds. The van der Waals surface area contributed by atoms with Crippen LogP contribution in [0, 0.1) is 11.8 Å². The Kier molecular flexibility index (Phi) is 9.79. The topological polar surface area (TPSA) is 88.1 Å². The molecule has 0 saturated heterocycles. The first kappa shape index (κ1) is 24.2. The lowest BCUT2D eigenvalue weighted by Crippen LogP contribution is -2.41. The van der Waals surface area contributed by atoms with Gasteiger partial charge in [0.15, 0.2) is 0 Å². The van der Waals surface area contributed by atoms with E-state index in [1.54, 1.807) is 36.4 Å². The van der Waals surface area contributed by atoms with Gasteiger partial charge in [0.25, 0.3) is 0 Å². The van der Waals surface area contributed by atoms with Gasteiger partial charge in [0.2, 0.25) is 0 Å². The Morgan fingerprint density at radius 3 is 2.52 bits per heavy atom. The summed E-state index contributed by atoms with van der Waals surface area (Å²) in [6.07, 6.45) is 3.54. The molecular formula is C24H28O7. The van der Waals surface area contributed by atoms with Crippen molar-refractivity contribution in [3.05, 3.63) is 48.0 Å². The molecule has 7 heteroatoms. The number of hydrogen-bond acceptors (Lipinski definition) is 7. The average Bonchev–Trinajstić information content (AvgIpc) is 2.73. The van der Waals surface area contributed by atoms with Crippen molar-refractivity contribution in [2.75, 3.05) is 6.61 Å². The fourth-order valence-corrected chi connectivity index (χ4v) is 2.90. The summed E-state index contributed by atoms with van der Waals surface area (Å²) in [6.45, 7) is 4.44. The zero-order valence-corrected chi connectivity index (χ0v) is 18.0. The zero-order chi connectivity index (χ0) is 22.6. The lowest BCUT2D eigenvalue weighted by molar-refractivity contribution is -0.161. The van der Waals surface area contributed by atoms with Gasteiger partial charge in [0.05, 0.1) is 11.7 Å². The highest BCUT2D eigenvalue weighted by Crippen LogP contribution is 2.17. The Hall–Kier alpha value is -3.11. The number of rotatable bonds is 8. The molecular weight excluding hydrogens is 400 g/mol. The van der Waals surface area contributed by atoms with Crippen LogP contribution in [0.3, 0.4) is 0 Å². The second kappa shape index (κ2) is 12.6. The predicted octanol–water partition coefficient (Wildman–Crippen LogP) is 3.22. The largest absolute Gasteiger partial charge is 0.463 e. The van der Waals surface area contributed by atoms with E-state index < -0.39 is 30.3 Å². The Bertz CT molecular complexity index is 834. The third-order valence-electron chi connectivity index (χ3n) is 4.39. The van der Waals surface area contributed by atoms with Crippen LogP contribution in [-0.2, 0) is 28.5 Å². The molecule has 1 aliphatic heterocycles. The monoisotopic (exact) mass is 428 g/mol. The molecule has 0 radical (unpaired) electrons. The van der Waals surface area contributed by atoms with Crippen LogP contribution in [-0.4, -0.2) is 48.9 Å². The molecule has 166 valence electrons. The van der Waals surface area contributed by atoms with Crippen LogP contribution in [0.25, 0.3) is 0 Å². The van der Waals surface area contributed by atoms with Crippen LogP contribution in [0.4, 0.5) is 0 Å². The summed E-state index contributed by atoms with van der Waals surface area (Å²) in [7, 11) is 0. The van der Waals surface area contributed by atoms with Gasteiger partial charge in [0.1, 0.15) is 24.9 Å². The highest BCUT2D eigenvalue weighted by molar-refractivity contribution is 5.89. The summed E-state index contributed by atoms with van der Waals surface area (Å²) in [4.78, 5) is 34.4. The lowest BCUT2D eigenvalue weighted by atomic mass is 10.1. The van der Waals surface area contributed by atoms with Crippen molar-refractivity contribution >= 4 is 17.9 Å². The third kappa shape index (κ3) is 9.06. The Morgan fingerprint density at radius 1 is 1.10 bits per heavy atom. The quantitative estimate of drug-likeness (QED) is 0.206. The lowest BCUT2D eigenvalue weighted by Gasteiger charge is -2.29. The molecule has 0 saturated carbocycles. The van der Waals surface area contributed by atoms with Crippen molar-refractivity contribution in [3.63, 3.8) is 0 Å². The van der Waals surface area contributed by atoms with Crippen molar-refractivity contribution in [2.24, 2.45) is 0 Å². The van der Waals surface area contributed by atoms with Gasteiger partial charge in [0, 0.05) is 20.3 Å². The van der Waals surface area contributed by atoms with Crippen LogP contribution in [0.5, 0.6) is 0 Å². The highest BCUT2D eigenvalue weighted by atomic mass is 16.6. The maximum absolute atomic E-state index is 12.0. The molecule has 7 nitrogen and oxygen atoms in total. The molecule has 0 N–H and O–H groups in total. The second-order valence-corrected chi connectivity index (χ2v) is 7.15. The van der Waals surface area contributed by atoms with E-state index in [0.717, 1.165) is 6.42 Å². The van der Waals surface area contributed by atoms with E-state index in [-0.39, 0.29) is 18.7 Å². The molecule has 1 aromatic carbocycles. The van der Waals surface area contributed by atoms with Gasteiger partial charge in [-0.05, 0) is 44.1 Å². The molecule has 31 heavy (non-hydrogen) atoms. The van der Waals surface area contributed by atoms with Gasteiger partial charge in [-0.25, -0.2) is 4.79 Å². The Labute approximate surface area is 182 Å². The number of esters is 3.